The number of carboxylic acid groups (broad SMARTS) is 1. The number of carbonyl (C=O) groups excluding carboxylic acids is 1. The molecular formula is C31H28FN7O5. The van der Waals surface area contributed by atoms with E-state index in [0.717, 1.165) is 11.6 Å². The molecule has 12 nitrogen and oxygen atoms in total. The van der Waals surface area contributed by atoms with Gasteiger partial charge in [0, 0.05) is 67.7 Å². The summed E-state index contributed by atoms with van der Waals surface area (Å²) < 4.78 is 18.7. The van der Waals surface area contributed by atoms with E-state index in [1.54, 1.807) is 21.3 Å². The van der Waals surface area contributed by atoms with E-state index in [9.17, 15) is 24.6 Å². The zero-order valence-corrected chi connectivity index (χ0v) is 23.7. The molecule has 1 fully saturated rings. The number of amides is 1. The molecule has 3 aromatic heterocycles. The summed E-state index contributed by atoms with van der Waals surface area (Å²) >= 11 is 0. The summed E-state index contributed by atoms with van der Waals surface area (Å²) in [4.78, 5) is 44.6. The van der Waals surface area contributed by atoms with Gasteiger partial charge >= 0.3 is 5.97 Å². The number of nitrogens with zero attached hydrogens (tertiary/aromatic N) is 7. The summed E-state index contributed by atoms with van der Waals surface area (Å²) in [7, 11) is 0. The zero-order valence-electron chi connectivity index (χ0n) is 23.7. The number of aromatic carboxylic acids is 1. The number of carboxylic acids is 1. The minimum Gasteiger partial charge on any atom is -0.493 e. The third kappa shape index (κ3) is 5.17. The number of halogens is 1. The van der Waals surface area contributed by atoms with Crippen molar-refractivity contribution in [3.05, 3.63) is 94.3 Å². The van der Waals surface area contributed by atoms with E-state index in [1.807, 2.05) is 30.0 Å². The number of pyridine rings is 2. The number of anilines is 1. The summed E-state index contributed by atoms with van der Waals surface area (Å²) in [5.74, 6) is -2.63. The van der Waals surface area contributed by atoms with Crippen molar-refractivity contribution in [3.8, 4) is 5.88 Å². The molecule has 6 rings (SSSR count). The van der Waals surface area contributed by atoms with Crippen LogP contribution in [0.3, 0.4) is 0 Å². The van der Waals surface area contributed by atoms with Gasteiger partial charge in [-0.15, -0.1) is 10.2 Å². The van der Waals surface area contributed by atoms with Crippen molar-refractivity contribution in [2.45, 2.75) is 20.1 Å². The molecule has 2 aromatic carbocycles. The number of fused-ring (bicyclic) bond motifs is 2. The Morgan fingerprint density at radius 2 is 1.73 bits per heavy atom. The summed E-state index contributed by atoms with van der Waals surface area (Å²) in [5.41, 5.74) is 0.921. The van der Waals surface area contributed by atoms with Gasteiger partial charge in [-0.05, 0) is 37.3 Å². The maximum atomic E-state index is 15.3. The van der Waals surface area contributed by atoms with Gasteiger partial charge in [0.15, 0.2) is 5.69 Å². The number of aromatic nitrogens is 3. The lowest BCUT2D eigenvalue weighted by molar-refractivity contribution is 0.0694. The first kappa shape index (κ1) is 28.7. The van der Waals surface area contributed by atoms with Crippen LogP contribution in [0.5, 0.6) is 5.88 Å². The van der Waals surface area contributed by atoms with Crippen LogP contribution in [0.4, 0.5) is 15.8 Å². The highest BCUT2D eigenvalue weighted by Gasteiger charge is 2.25. The maximum Gasteiger partial charge on any atom is 0.341 e. The monoisotopic (exact) mass is 597 g/mol. The van der Waals surface area contributed by atoms with Crippen LogP contribution < -0.4 is 10.3 Å². The molecule has 1 amide bonds. The molecule has 1 aliphatic rings. The van der Waals surface area contributed by atoms with E-state index in [-0.39, 0.29) is 17.0 Å². The highest BCUT2D eigenvalue weighted by molar-refractivity contribution is 5.97. The third-order valence-corrected chi connectivity index (χ3v) is 7.86. The number of benzene rings is 2. The molecule has 0 saturated carbocycles. The summed E-state index contributed by atoms with van der Waals surface area (Å²) in [6.45, 7) is 4.57. The first-order valence-corrected chi connectivity index (χ1v) is 14.0. The lowest BCUT2D eigenvalue weighted by atomic mass is 10.1. The topological polar surface area (TPSA) is 146 Å². The Bertz CT molecular complexity index is 2000. The molecule has 5 aromatic rings. The second-order valence-corrected chi connectivity index (χ2v) is 10.4. The summed E-state index contributed by atoms with van der Waals surface area (Å²) in [6.07, 6.45) is 4.27. The van der Waals surface area contributed by atoms with Gasteiger partial charge in [-0.1, -0.05) is 18.2 Å². The van der Waals surface area contributed by atoms with Crippen LogP contribution in [0.1, 0.15) is 27.6 Å². The molecule has 0 unspecified atom stereocenters. The fourth-order valence-electron chi connectivity index (χ4n) is 5.55. The fraction of sp³-hybridized carbons (Fsp3) is 0.226. The van der Waals surface area contributed by atoms with Gasteiger partial charge in [0.2, 0.25) is 11.3 Å². The first-order valence-electron chi connectivity index (χ1n) is 14.0. The Kier molecular flexibility index (Phi) is 7.62. The Morgan fingerprint density at radius 1 is 1.00 bits per heavy atom. The minimum atomic E-state index is -1.35. The largest absolute Gasteiger partial charge is 0.493 e. The normalized spacial score (nSPS) is 14.2. The van der Waals surface area contributed by atoms with E-state index < -0.39 is 28.7 Å². The van der Waals surface area contributed by atoms with Crippen molar-refractivity contribution < 1.29 is 24.2 Å². The number of azo groups is 1. The van der Waals surface area contributed by atoms with Crippen LogP contribution >= 0.6 is 0 Å². The van der Waals surface area contributed by atoms with Gasteiger partial charge in [0.25, 0.3) is 5.91 Å². The molecule has 1 saturated heterocycles. The average Bonchev–Trinajstić information content (AvgIpc) is 3.30. The summed E-state index contributed by atoms with van der Waals surface area (Å²) in [5, 5.41) is 29.2. The molecule has 1 aliphatic heterocycles. The van der Waals surface area contributed by atoms with Gasteiger partial charge in [-0.25, -0.2) is 9.18 Å². The van der Waals surface area contributed by atoms with Crippen molar-refractivity contribution in [2.75, 3.05) is 31.1 Å². The third-order valence-electron chi connectivity index (χ3n) is 7.86. The van der Waals surface area contributed by atoms with Crippen LogP contribution in [0.25, 0.3) is 21.8 Å². The number of aromatic hydroxyl groups is 1. The van der Waals surface area contributed by atoms with Crippen LogP contribution in [0, 0.1) is 5.82 Å². The van der Waals surface area contributed by atoms with E-state index in [2.05, 4.69) is 20.1 Å². The lowest BCUT2D eigenvalue weighted by Gasteiger charge is -2.36. The zero-order chi connectivity index (χ0) is 31.0. The van der Waals surface area contributed by atoms with E-state index >= 15 is 4.39 Å². The fourth-order valence-corrected chi connectivity index (χ4v) is 5.55. The Labute approximate surface area is 249 Å². The molecule has 13 heteroatoms. The molecule has 44 heavy (non-hydrogen) atoms. The maximum absolute atomic E-state index is 15.3. The summed E-state index contributed by atoms with van der Waals surface area (Å²) in [6, 6.07) is 13.1. The molecule has 0 spiro atoms. The van der Waals surface area contributed by atoms with Gasteiger partial charge in [0.1, 0.15) is 11.4 Å². The van der Waals surface area contributed by atoms with Crippen LogP contribution in [-0.4, -0.2) is 67.3 Å². The molecule has 0 aliphatic carbocycles. The number of rotatable bonds is 7. The second-order valence-electron chi connectivity index (χ2n) is 10.4. The predicted molar refractivity (Wildman–Crippen MR) is 161 cm³/mol. The standard InChI is InChI=1S/C31H28FN7O5/c1-2-37-17-22(31(43)44)28(40)21-15-23(32)26(16-25(21)37)38-13-11-36(12-14-38)18-39-24-6-4-3-5-20(24)27(30(39)42)34-35-29(41)19-7-9-33-10-8-19/h3-10,15-17,42H,2,11-14,18H2,1H3,(H,43,44). The van der Waals surface area contributed by atoms with Crippen LogP contribution in [0.2, 0.25) is 0 Å². The van der Waals surface area contributed by atoms with Crippen molar-refractivity contribution in [1.82, 2.24) is 19.0 Å². The number of aryl methyl sites for hydroxylation is 1. The highest BCUT2D eigenvalue weighted by atomic mass is 19.1. The van der Waals surface area contributed by atoms with Crippen LogP contribution in [-0.2, 0) is 13.2 Å². The number of carbonyl (C=O) groups is 2. The highest BCUT2D eigenvalue weighted by Crippen LogP contribution is 2.39. The van der Waals surface area contributed by atoms with E-state index in [1.165, 1.54) is 30.7 Å². The molecule has 4 heterocycles. The average molecular weight is 598 g/mol. The smallest absolute Gasteiger partial charge is 0.341 e. The van der Waals surface area contributed by atoms with Gasteiger partial charge in [-0.3, -0.25) is 24.0 Å². The SMILES string of the molecule is CCn1cc(C(=O)O)c(=O)c2cc(F)c(N3CCN(Cn4c(O)c(N=NC(=O)c5ccncc5)c5ccccc54)CC3)cc21. The Balaban J connectivity index is 1.22. The van der Waals surface area contributed by atoms with E-state index in [4.69, 9.17) is 0 Å². The molecule has 2 N–H and O–H groups in total. The van der Waals surface area contributed by atoms with E-state index in [0.29, 0.717) is 61.5 Å². The molecule has 0 bridgehead atoms. The number of hydrogen-bond donors (Lipinski definition) is 2. The van der Waals surface area contributed by atoms with Crippen molar-refractivity contribution >= 4 is 45.1 Å². The van der Waals surface area contributed by atoms with Gasteiger partial charge in [-0.2, -0.15) is 0 Å². The molecule has 0 radical (unpaired) electrons. The van der Waals surface area contributed by atoms with Crippen molar-refractivity contribution in [1.29, 1.82) is 0 Å². The lowest BCUT2D eigenvalue weighted by Crippen LogP contribution is -2.47. The first-order chi connectivity index (χ1) is 21.3. The number of hydrogen-bond acceptors (Lipinski definition) is 8. The van der Waals surface area contributed by atoms with Crippen molar-refractivity contribution in [3.63, 3.8) is 0 Å². The van der Waals surface area contributed by atoms with Crippen molar-refractivity contribution in [2.24, 2.45) is 10.2 Å². The molecule has 0 atom stereocenters. The van der Waals surface area contributed by atoms with Gasteiger partial charge < -0.3 is 19.7 Å². The van der Waals surface area contributed by atoms with Crippen LogP contribution in [0.15, 0.2) is 82.1 Å². The quantitative estimate of drug-likeness (QED) is 0.259. The second kappa shape index (κ2) is 11.7. The minimum absolute atomic E-state index is 0.0250. The molecular weight excluding hydrogens is 569 g/mol. The van der Waals surface area contributed by atoms with Gasteiger partial charge in [0.05, 0.1) is 23.4 Å². The number of piperazine rings is 1. The Hall–Kier alpha value is -5.43. The predicted octanol–water partition coefficient (Wildman–Crippen LogP) is 4.62. The molecule has 224 valence electrons. The Morgan fingerprint density at radius 3 is 2.43 bits per heavy atom. The number of para-hydroxylation sites is 1.